The van der Waals surface area contributed by atoms with E-state index < -0.39 is 0 Å². The Kier molecular flexibility index (Phi) is 5.49. The maximum absolute atomic E-state index is 12.5. The lowest BCUT2D eigenvalue weighted by Gasteiger charge is -2.26. The van der Waals surface area contributed by atoms with Crippen molar-refractivity contribution in [3.8, 4) is 5.75 Å². The lowest BCUT2D eigenvalue weighted by Crippen LogP contribution is -2.35. The van der Waals surface area contributed by atoms with Crippen molar-refractivity contribution in [3.63, 3.8) is 0 Å². The van der Waals surface area contributed by atoms with Crippen LogP contribution in [0.3, 0.4) is 0 Å². The first-order chi connectivity index (χ1) is 12.1. The number of carbonyl (C=O) groups excluding carboxylic acids is 2. The third-order valence-electron chi connectivity index (χ3n) is 4.47. The van der Waals surface area contributed by atoms with Crippen LogP contribution in [0.25, 0.3) is 0 Å². The highest BCUT2D eigenvalue weighted by molar-refractivity contribution is 5.94. The number of hydrogen-bond donors (Lipinski definition) is 0. The number of amides is 1. The number of ether oxygens (including phenoxy) is 1. The summed E-state index contributed by atoms with van der Waals surface area (Å²) in [6.45, 7) is 3.12. The molecule has 0 N–H and O–H groups in total. The van der Waals surface area contributed by atoms with Crippen molar-refractivity contribution in [1.82, 2.24) is 4.90 Å². The monoisotopic (exact) mass is 337 g/mol. The first-order valence-electron chi connectivity index (χ1n) is 8.78. The minimum atomic E-state index is -0.324. The predicted molar refractivity (Wildman–Crippen MR) is 96.8 cm³/mol. The summed E-state index contributed by atoms with van der Waals surface area (Å²) in [5.41, 5.74) is 2.77. The van der Waals surface area contributed by atoms with Gasteiger partial charge in [0, 0.05) is 32.0 Å². The van der Waals surface area contributed by atoms with Gasteiger partial charge in [0.2, 0.25) is 0 Å². The lowest BCUT2D eigenvalue weighted by molar-refractivity contribution is -0.131. The summed E-state index contributed by atoms with van der Waals surface area (Å²) >= 11 is 0. The normalized spacial score (nSPS) is 14.2. The molecule has 0 unspecified atom stereocenters. The van der Waals surface area contributed by atoms with Crippen LogP contribution in [-0.2, 0) is 11.2 Å². The molecule has 1 fully saturated rings. The van der Waals surface area contributed by atoms with E-state index >= 15 is 0 Å². The fourth-order valence-corrected chi connectivity index (χ4v) is 3.17. The minimum absolute atomic E-state index is 0.117. The Labute approximate surface area is 148 Å². The predicted octanol–water partition coefficient (Wildman–Crippen LogP) is 3.83. The number of nitrogens with zero attached hydrogens (tertiary/aromatic N) is 1. The summed E-state index contributed by atoms with van der Waals surface area (Å²) in [5, 5.41) is 0. The van der Waals surface area contributed by atoms with Crippen LogP contribution in [-0.4, -0.2) is 29.9 Å². The van der Waals surface area contributed by atoms with E-state index in [4.69, 9.17) is 4.74 Å². The van der Waals surface area contributed by atoms with Crippen LogP contribution in [0, 0.1) is 0 Å². The Hall–Kier alpha value is -2.62. The highest BCUT2D eigenvalue weighted by Crippen LogP contribution is 2.22. The molecule has 0 aliphatic carbocycles. The van der Waals surface area contributed by atoms with E-state index in [9.17, 15) is 9.59 Å². The van der Waals surface area contributed by atoms with E-state index in [0.717, 1.165) is 42.6 Å². The van der Waals surface area contributed by atoms with Crippen molar-refractivity contribution < 1.29 is 14.3 Å². The van der Waals surface area contributed by atoms with Crippen LogP contribution in [0.1, 0.15) is 47.7 Å². The average Bonchev–Trinajstić information content (AvgIpc) is 2.64. The van der Waals surface area contributed by atoms with E-state index in [1.54, 1.807) is 6.07 Å². The van der Waals surface area contributed by atoms with Crippen LogP contribution < -0.4 is 4.74 Å². The molecule has 1 aliphatic heterocycles. The van der Waals surface area contributed by atoms with E-state index in [1.807, 2.05) is 47.4 Å². The first kappa shape index (κ1) is 17.2. The van der Waals surface area contributed by atoms with Crippen molar-refractivity contribution in [2.75, 3.05) is 13.1 Å². The molecule has 130 valence electrons. The van der Waals surface area contributed by atoms with Gasteiger partial charge in [-0.25, -0.2) is 0 Å². The molecule has 4 nitrogen and oxygen atoms in total. The number of hydrogen-bond acceptors (Lipinski definition) is 3. The van der Waals surface area contributed by atoms with Crippen LogP contribution in [0.2, 0.25) is 0 Å². The van der Waals surface area contributed by atoms with Crippen molar-refractivity contribution in [1.29, 1.82) is 0 Å². The van der Waals surface area contributed by atoms with E-state index in [-0.39, 0.29) is 11.9 Å². The van der Waals surface area contributed by atoms with Gasteiger partial charge >= 0.3 is 5.97 Å². The van der Waals surface area contributed by atoms with E-state index in [1.165, 1.54) is 13.3 Å². The second-order valence-corrected chi connectivity index (χ2v) is 6.43. The summed E-state index contributed by atoms with van der Waals surface area (Å²) in [5.74, 6) is 0.380. The van der Waals surface area contributed by atoms with E-state index in [0.29, 0.717) is 12.2 Å². The maximum atomic E-state index is 12.5. The molecule has 1 amide bonds. The van der Waals surface area contributed by atoms with Gasteiger partial charge in [0.25, 0.3) is 5.91 Å². The molecule has 0 spiro atoms. The van der Waals surface area contributed by atoms with Crippen molar-refractivity contribution >= 4 is 11.9 Å². The molecule has 0 radical (unpaired) electrons. The van der Waals surface area contributed by atoms with Gasteiger partial charge in [-0.05, 0) is 48.6 Å². The number of likely N-dealkylation sites (tertiary alicyclic amines) is 1. The van der Waals surface area contributed by atoms with Crippen molar-refractivity contribution in [2.24, 2.45) is 0 Å². The van der Waals surface area contributed by atoms with Gasteiger partial charge in [-0.15, -0.1) is 0 Å². The number of esters is 1. The van der Waals surface area contributed by atoms with Gasteiger partial charge in [0.15, 0.2) is 0 Å². The van der Waals surface area contributed by atoms with Gasteiger partial charge < -0.3 is 9.64 Å². The molecule has 0 saturated carbocycles. The van der Waals surface area contributed by atoms with Gasteiger partial charge in [0.1, 0.15) is 5.75 Å². The lowest BCUT2D eigenvalue weighted by atomic mass is 10.0. The highest BCUT2D eigenvalue weighted by atomic mass is 16.5. The Morgan fingerprint density at radius 1 is 0.960 bits per heavy atom. The summed E-state index contributed by atoms with van der Waals surface area (Å²) in [6.07, 6.45) is 4.06. The number of benzene rings is 2. The Balaban J connectivity index is 1.71. The third-order valence-corrected chi connectivity index (χ3v) is 4.47. The Morgan fingerprint density at radius 2 is 1.64 bits per heavy atom. The minimum Gasteiger partial charge on any atom is -0.426 e. The van der Waals surface area contributed by atoms with Crippen LogP contribution >= 0.6 is 0 Å². The molecule has 1 saturated heterocycles. The molecule has 25 heavy (non-hydrogen) atoms. The summed E-state index contributed by atoms with van der Waals surface area (Å²) < 4.78 is 5.26. The Bertz CT molecular complexity index is 746. The van der Waals surface area contributed by atoms with Gasteiger partial charge in [-0.2, -0.15) is 0 Å². The van der Waals surface area contributed by atoms with Gasteiger partial charge in [-0.1, -0.05) is 30.3 Å². The largest absolute Gasteiger partial charge is 0.426 e. The zero-order valence-electron chi connectivity index (χ0n) is 14.5. The fraction of sp³-hybridized carbons (Fsp3) is 0.333. The molecule has 0 aromatic heterocycles. The van der Waals surface area contributed by atoms with Crippen molar-refractivity contribution in [2.45, 2.75) is 32.6 Å². The molecule has 1 heterocycles. The van der Waals surface area contributed by atoms with Crippen LogP contribution in [0.5, 0.6) is 5.75 Å². The summed E-state index contributed by atoms with van der Waals surface area (Å²) in [4.78, 5) is 25.7. The SMILES string of the molecule is CC(=O)Oc1ccccc1Cc1ccc(C(=O)N2CCCCC2)cc1. The molecule has 1 aliphatic rings. The number of piperidine rings is 1. The quantitative estimate of drug-likeness (QED) is 0.629. The number of carbonyl (C=O) groups is 2. The fourth-order valence-electron chi connectivity index (χ4n) is 3.17. The third kappa shape index (κ3) is 4.47. The average molecular weight is 337 g/mol. The molecule has 4 heteroatoms. The zero-order chi connectivity index (χ0) is 17.6. The van der Waals surface area contributed by atoms with Gasteiger partial charge in [0.05, 0.1) is 0 Å². The first-order valence-corrected chi connectivity index (χ1v) is 8.78. The van der Waals surface area contributed by atoms with Gasteiger partial charge in [-0.3, -0.25) is 9.59 Å². The highest BCUT2D eigenvalue weighted by Gasteiger charge is 2.18. The number of para-hydroxylation sites is 1. The zero-order valence-corrected chi connectivity index (χ0v) is 14.5. The summed E-state index contributed by atoms with van der Waals surface area (Å²) in [7, 11) is 0. The topological polar surface area (TPSA) is 46.6 Å². The maximum Gasteiger partial charge on any atom is 0.308 e. The molecular formula is C21H23NO3. The molecule has 2 aromatic rings. The standard InChI is InChI=1S/C21H23NO3/c1-16(23)25-20-8-4-3-7-19(20)15-17-9-11-18(12-10-17)21(24)22-13-5-2-6-14-22/h3-4,7-12H,2,5-6,13-15H2,1H3. The molecule has 0 bridgehead atoms. The summed E-state index contributed by atoms with van der Waals surface area (Å²) in [6, 6.07) is 15.2. The van der Waals surface area contributed by atoms with E-state index in [2.05, 4.69) is 0 Å². The Morgan fingerprint density at radius 3 is 2.32 bits per heavy atom. The van der Waals surface area contributed by atoms with Crippen LogP contribution in [0.4, 0.5) is 0 Å². The second-order valence-electron chi connectivity index (χ2n) is 6.43. The molecular weight excluding hydrogens is 314 g/mol. The molecule has 0 atom stereocenters. The molecule has 2 aromatic carbocycles. The van der Waals surface area contributed by atoms with Crippen LogP contribution in [0.15, 0.2) is 48.5 Å². The molecule has 3 rings (SSSR count). The van der Waals surface area contributed by atoms with Crippen molar-refractivity contribution in [3.05, 3.63) is 65.2 Å². The number of rotatable bonds is 4. The smallest absolute Gasteiger partial charge is 0.308 e. The second kappa shape index (κ2) is 7.97.